The van der Waals surface area contributed by atoms with Gasteiger partial charge in [-0.25, -0.2) is 8.42 Å². The predicted octanol–water partition coefficient (Wildman–Crippen LogP) is -0.902. The van der Waals surface area contributed by atoms with E-state index in [1.807, 2.05) is 6.92 Å². The van der Waals surface area contributed by atoms with E-state index in [2.05, 4.69) is 5.10 Å². The van der Waals surface area contributed by atoms with Gasteiger partial charge >= 0.3 is 0 Å². The molecule has 8 heteroatoms. The van der Waals surface area contributed by atoms with Crippen LogP contribution in [0.15, 0.2) is 11.1 Å². The van der Waals surface area contributed by atoms with E-state index in [9.17, 15) is 8.42 Å². The van der Waals surface area contributed by atoms with Crippen LogP contribution in [0.1, 0.15) is 6.92 Å². The summed E-state index contributed by atoms with van der Waals surface area (Å²) >= 11 is 0. The lowest BCUT2D eigenvalue weighted by atomic mass is 10.6. The Morgan fingerprint density at radius 1 is 1.62 bits per heavy atom. The van der Waals surface area contributed by atoms with Crippen molar-refractivity contribution in [2.24, 2.45) is 0 Å². The first kappa shape index (κ1) is 12.9. The van der Waals surface area contributed by atoms with Crippen molar-refractivity contribution in [3.8, 4) is 0 Å². The second kappa shape index (κ2) is 4.81. The third-order valence-electron chi connectivity index (χ3n) is 2.18. The van der Waals surface area contributed by atoms with Crippen molar-refractivity contribution in [2.75, 3.05) is 25.9 Å². The van der Waals surface area contributed by atoms with Crippen molar-refractivity contribution in [1.29, 1.82) is 0 Å². The molecule has 0 spiro atoms. The number of aromatic nitrogens is 2. The van der Waals surface area contributed by atoms with Crippen molar-refractivity contribution in [1.82, 2.24) is 14.1 Å². The van der Waals surface area contributed by atoms with Gasteiger partial charge in [0.2, 0.25) is 10.0 Å². The van der Waals surface area contributed by atoms with Crippen molar-refractivity contribution < 1.29 is 13.5 Å². The molecule has 3 N–H and O–H groups in total. The average Bonchev–Trinajstić information content (AvgIpc) is 2.60. The molecule has 92 valence electrons. The minimum absolute atomic E-state index is 0.0216. The number of sulfonamides is 1. The van der Waals surface area contributed by atoms with Gasteiger partial charge in [-0.15, -0.1) is 0 Å². The van der Waals surface area contributed by atoms with Gasteiger partial charge in [-0.3, -0.25) is 4.68 Å². The van der Waals surface area contributed by atoms with Gasteiger partial charge in [0.25, 0.3) is 0 Å². The molecular formula is C8H16N4O3S. The number of aliphatic hydroxyl groups excluding tert-OH is 1. The number of hydrogen-bond donors (Lipinski definition) is 2. The van der Waals surface area contributed by atoms with E-state index in [-0.39, 0.29) is 23.9 Å². The van der Waals surface area contributed by atoms with Gasteiger partial charge in [0, 0.05) is 26.3 Å². The van der Waals surface area contributed by atoms with Crippen LogP contribution in [0.4, 0.5) is 5.82 Å². The number of nitrogens with two attached hydrogens (primary N) is 1. The van der Waals surface area contributed by atoms with Gasteiger partial charge < -0.3 is 10.8 Å². The molecule has 1 heterocycles. The Morgan fingerprint density at radius 3 is 2.69 bits per heavy atom. The highest BCUT2D eigenvalue weighted by molar-refractivity contribution is 7.89. The van der Waals surface area contributed by atoms with Crippen LogP contribution in [0, 0.1) is 0 Å². The summed E-state index contributed by atoms with van der Waals surface area (Å²) in [7, 11) is -2.27. The molecule has 0 saturated heterocycles. The predicted molar refractivity (Wildman–Crippen MR) is 59.2 cm³/mol. The van der Waals surface area contributed by atoms with Crippen LogP contribution in [0.25, 0.3) is 0 Å². The summed E-state index contributed by atoms with van der Waals surface area (Å²) in [6.07, 6.45) is 1.39. The van der Waals surface area contributed by atoms with Crippen molar-refractivity contribution in [3.63, 3.8) is 0 Å². The molecule has 16 heavy (non-hydrogen) atoms. The smallest absolute Gasteiger partial charge is 0.248 e. The van der Waals surface area contributed by atoms with Gasteiger partial charge in [0.1, 0.15) is 4.90 Å². The zero-order valence-electron chi connectivity index (χ0n) is 9.29. The number of aliphatic hydroxyl groups is 1. The van der Waals surface area contributed by atoms with Crippen molar-refractivity contribution in [2.45, 2.75) is 18.4 Å². The summed E-state index contributed by atoms with van der Waals surface area (Å²) in [5, 5.41) is 12.6. The first-order valence-electron chi connectivity index (χ1n) is 4.83. The summed E-state index contributed by atoms with van der Waals surface area (Å²) in [5.74, 6) is -0.0216. The van der Waals surface area contributed by atoms with E-state index in [1.165, 1.54) is 17.9 Å². The summed E-state index contributed by atoms with van der Waals surface area (Å²) in [4.78, 5) is -0.0229. The van der Waals surface area contributed by atoms with Crippen molar-refractivity contribution in [3.05, 3.63) is 6.20 Å². The van der Waals surface area contributed by atoms with Crippen LogP contribution < -0.4 is 5.73 Å². The number of nitrogen functional groups attached to an aromatic ring is 1. The molecule has 0 bridgehead atoms. The lowest BCUT2D eigenvalue weighted by Crippen LogP contribution is -2.29. The molecule has 0 fully saturated rings. The molecule has 0 aromatic carbocycles. The van der Waals surface area contributed by atoms with E-state index < -0.39 is 10.0 Å². The number of anilines is 1. The Hall–Kier alpha value is -1.12. The van der Waals surface area contributed by atoms with Crippen LogP contribution in [-0.4, -0.2) is 47.8 Å². The Bertz CT molecular complexity index is 454. The van der Waals surface area contributed by atoms with Crippen molar-refractivity contribution >= 4 is 15.8 Å². The zero-order valence-corrected chi connectivity index (χ0v) is 10.1. The van der Waals surface area contributed by atoms with Gasteiger partial charge in [-0.1, -0.05) is 0 Å². The molecule has 7 nitrogen and oxygen atoms in total. The standard InChI is InChI=1S/C8H16N4O3S/c1-3-12-6-7(8(9)10-12)16(14,15)11(2)4-5-13/h6,13H,3-5H2,1-2H3,(H2,9,10). The van der Waals surface area contributed by atoms with Gasteiger partial charge in [0.05, 0.1) is 6.61 Å². The summed E-state index contributed by atoms with van der Waals surface area (Å²) in [6.45, 7) is 2.17. The lowest BCUT2D eigenvalue weighted by Gasteiger charge is -2.14. The minimum atomic E-state index is -3.66. The van der Waals surface area contributed by atoms with Crippen LogP contribution >= 0.6 is 0 Å². The highest BCUT2D eigenvalue weighted by Crippen LogP contribution is 2.19. The average molecular weight is 248 g/mol. The van der Waals surface area contributed by atoms with E-state index in [4.69, 9.17) is 10.8 Å². The van der Waals surface area contributed by atoms with E-state index in [0.29, 0.717) is 6.54 Å². The van der Waals surface area contributed by atoms with Crippen LogP contribution in [0.5, 0.6) is 0 Å². The van der Waals surface area contributed by atoms with Gasteiger partial charge in [-0.2, -0.15) is 9.40 Å². The number of likely N-dealkylation sites (N-methyl/N-ethyl adjacent to an activating group) is 1. The number of hydrogen-bond acceptors (Lipinski definition) is 5. The molecule has 0 amide bonds. The monoisotopic (exact) mass is 248 g/mol. The first-order valence-corrected chi connectivity index (χ1v) is 6.27. The van der Waals surface area contributed by atoms with Crippen LogP contribution in [0.2, 0.25) is 0 Å². The van der Waals surface area contributed by atoms with E-state index in [1.54, 1.807) is 0 Å². The maximum atomic E-state index is 12.0. The summed E-state index contributed by atoms with van der Waals surface area (Å²) in [5.41, 5.74) is 5.54. The third kappa shape index (κ3) is 2.34. The fourth-order valence-corrected chi connectivity index (χ4v) is 2.43. The fraction of sp³-hybridized carbons (Fsp3) is 0.625. The maximum absolute atomic E-state index is 12.0. The van der Waals surface area contributed by atoms with E-state index >= 15 is 0 Å². The Kier molecular flexibility index (Phi) is 3.89. The Labute approximate surface area is 94.5 Å². The second-order valence-electron chi connectivity index (χ2n) is 3.28. The molecule has 1 aromatic rings. The molecule has 0 atom stereocenters. The highest BCUT2D eigenvalue weighted by Gasteiger charge is 2.25. The first-order chi connectivity index (χ1) is 7.43. The normalized spacial score (nSPS) is 12.2. The topological polar surface area (TPSA) is 101 Å². The zero-order chi connectivity index (χ0) is 12.3. The van der Waals surface area contributed by atoms with Crippen LogP contribution in [-0.2, 0) is 16.6 Å². The van der Waals surface area contributed by atoms with Gasteiger partial charge in [0.15, 0.2) is 5.82 Å². The lowest BCUT2D eigenvalue weighted by molar-refractivity contribution is 0.266. The SMILES string of the molecule is CCn1cc(S(=O)(=O)N(C)CCO)c(N)n1. The molecule has 1 aromatic heterocycles. The second-order valence-corrected chi connectivity index (χ2v) is 5.30. The van der Waals surface area contributed by atoms with E-state index in [0.717, 1.165) is 4.31 Å². The largest absolute Gasteiger partial charge is 0.395 e. The Morgan fingerprint density at radius 2 is 2.25 bits per heavy atom. The van der Waals surface area contributed by atoms with Crippen LogP contribution in [0.3, 0.4) is 0 Å². The number of aryl methyl sites for hydroxylation is 1. The fourth-order valence-electron chi connectivity index (χ4n) is 1.21. The molecule has 0 saturated carbocycles. The molecule has 0 aliphatic carbocycles. The molecular weight excluding hydrogens is 232 g/mol. The highest BCUT2D eigenvalue weighted by atomic mass is 32.2. The molecule has 0 aliphatic rings. The summed E-state index contributed by atoms with van der Waals surface area (Å²) in [6, 6.07) is 0. The molecule has 0 unspecified atom stereocenters. The summed E-state index contributed by atoms with van der Waals surface area (Å²) < 4.78 is 26.4. The molecule has 0 radical (unpaired) electrons. The van der Waals surface area contributed by atoms with Gasteiger partial charge in [-0.05, 0) is 6.92 Å². The molecule has 1 rings (SSSR count). The third-order valence-corrected chi connectivity index (χ3v) is 4.06. The molecule has 0 aliphatic heterocycles. The maximum Gasteiger partial charge on any atom is 0.248 e. The quantitative estimate of drug-likeness (QED) is 0.703. The minimum Gasteiger partial charge on any atom is -0.395 e. The number of rotatable bonds is 5. The Balaban J connectivity index is 3.11. The number of nitrogens with zero attached hydrogens (tertiary/aromatic N) is 3.